The second kappa shape index (κ2) is 3.51. The van der Waals surface area contributed by atoms with E-state index in [0.717, 1.165) is 6.26 Å². The molecule has 0 radical (unpaired) electrons. The molecule has 0 saturated heterocycles. The van der Waals surface area contributed by atoms with Crippen LogP contribution in [-0.4, -0.2) is 42.2 Å². The molecule has 0 aromatic carbocycles. The lowest BCUT2D eigenvalue weighted by Crippen LogP contribution is -2.47. The van der Waals surface area contributed by atoms with E-state index in [9.17, 15) is 18.3 Å². The molecule has 0 bridgehead atoms. The van der Waals surface area contributed by atoms with Crippen molar-refractivity contribution in [3.8, 4) is 0 Å². The summed E-state index contributed by atoms with van der Waals surface area (Å²) in [5.41, 5.74) is -1.08. The Labute approximate surface area is 82.7 Å². The number of hydrogen-bond donors (Lipinski definition) is 2. The fraction of sp³-hybridized carbons (Fsp3) is 0.875. The van der Waals surface area contributed by atoms with Crippen LogP contribution in [0.2, 0.25) is 0 Å². The van der Waals surface area contributed by atoms with E-state index in [-0.39, 0.29) is 25.0 Å². The average molecular weight is 222 g/mol. The van der Waals surface area contributed by atoms with Gasteiger partial charge in [-0.1, -0.05) is 0 Å². The van der Waals surface area contributed by atoms with Crippen LogP contribution in [-0.2, 0) is 14.6 Å². The zero-order chi connectivity index (χ0) is 11.0. The average Bonchev–Trinajstić information content (AvgIpc) is 1.93. The van der Waals surface area contributed by atoms with Crippen molar-refractivity contribution in [2.24, 2.45) is 5.92 Å². The maximum absolute atomic E-state index is 10.8. The Hall–Kier alpha value is -0.620. The lowest BCUT2D eigenvalue weighted by atomic mass is 9.69. The molecular formula is C8H14O5S. The molecule has 0 heterocycles. The molecule has 1 aliphatic rings. The Bertz CT molecular complexity index is 326. The lowest BCUT2D eigenvalue weighted by molar-refractivity contribution is -0.158. The highest BCUT2D eigenvalue weighted by molar-refractivity contribution is 7.90. The van der Waals surface area contributed by atoms with E-state index in [1.54, 1.807) is 0 Å². The third-order valence-corrected chi connectivity index (χ3v) is 3.49. The molecule has 0 amide bonds. The van der Waals surface area contributed by atoms with Crippen LogP contribution < -0.4 is 0 Å². The molecule has 82 valence electrons. The number of carboxylic acid groups (broad SMARTS) is 1. The smallest absolute Gasteiger partial charge is 0.306 e. The number of hydrogen-bond acceptors (Lipinski definition) is 4. The summed E-state index contributed by atoms with van der Waals surface area (Å²) in [5.74, 6) is -1.52. The summed E-state index contributed by atoms with van der Waals surface area (Å²) in [6.45, 7) is 0. The Morgan fingerprint density at radius 2 is 2.00 bits per heavy atom. The second-order valence-corrected chi connectivity index (χ2v) is 6.31. The minimum Gasteiger partial charge on any atom is -0.481 e. The maximum Gasteiger partial charge on any atom is 0.306 e. The first kappa shape index (κ1) is 11.5. The largest absolute Gasteiger partial charge is 0.481 e. The molecule has 1 aliphatic carbocycles. The molecule has 0 aromatic rings. The zero-order valence-corrected chi connectivity index (χ0v) is 8.75. The van der Waals surface area contributed by atoms with Gasteiger partial charge in [0.2, 0.25) is 0 Å². The fourth-order valence-electron chi connectivity index (χ4n) is 1.61. The molecule has 1 saturated carbocycles. The van der Waals surface area contributed by atoms with Gasteiger partial charge in [-0.05, 0) is 19.3 Å². The van der Waals surface area contributed by atoms with Crippen molar-refractivity contribution in [3.63, 3.8) is 0 Å². The van der Waals surface area contributed by atoms with Crippen molar-refractivity contribution >= 4 is 15.8 Å². The van der Waals surface area contributed by atoms with Crippen LogP contribution in [0.1, 0.15) is 19.3 Å². The first-order chi connectivity index (χ1) is 6.22. The van der Waals surface area contributed by atoms with Gasteiger partial charge >= 0.3 is 5.97 Å². The van der Waals surface area contributed by atoms with E-state index in [0.29, 0.717) is 0 Å². The number of carbonyl (C=O) groups is 1. The molecule has 14 heavy (non-hydrogen) atoms. The molecule has 0 atom stereocenters. The van der Waals surface area contributed by atoms with Crippen molar-refractivity contribution in [2.45, 2.75) is 24.9 Å². The summed E-state index contributed by atoms with van der Waals surface area (Å²) in [5, 5.41) is 18.2. The highest BCUT2D eigenvalue weighted by Gasteiger charge is 2.46. The molecule has 0 aliphatic heterocycles. The zero-order valence-electron chi connectivity index (χ0n) is 7.93. The second-order valence-electron chi connectivity index (χ2n) is 4.05. The van der Waals surface area contributed by atoms with Crippen LogP contribution in [0.3, 0.4) is 0 Å². The minimum atomic E-state index is -3.08. The van der Waals surface area contributed by atoms with Crippen molar-refractivity contribution in [1.29, 1.82) is 0 Å². The number of sulfone groups is 1. The quantitative estimate of drug-likeness (QED) is 0.678. The number of carboxylic acids is 1. The van der Waals surface area contributed by atoms with Gasteiger partial charge in [0.15, 0.2) is 0 Å². The molecule has 1 rings (SSSR count). The number of aliphatic hydroxyl groups is 1. The first-order valence-electron chi connectivity index (χ1n) is 4.35. The first-order valence-corrected chi connectivity index (χ1v) is 6.41. The highest BCUT2D eigenvalue weighted by Crippen LogP contribution is 2.40. The monoisotopic (exact) mass is 222 g/mol. The van der Waals surface area contributed by atoms with Gasteiger partial charge in [0, 0.05) is 6.26 Å². The van der Waals surface area contributed by atoms with E-state index >= 15 is 0 Å². The van der Waals surface area contributed by atoms with Crippen molar-refractivity contribution < 1.29 is 23.4 Å². The number of aliphatic carboxylic acids is 1. The summed E-state index contributed by atoms with van der Waals surface area (Å²) >= 11 is 0. The maximum atomic E-state index is 10.8. The van der Waals surface area contributed by atoms with Gasteiger partial charge < -0.3 is 10.2 Å². The molecule has 1 fully saturated rings. The van der Waals surface area contributed by atoms with Gasteiger partial charge in [0.05, 0.1) is 17.3 Å². The Morgan fingerprint density at radius 1 is 1.50 bits per heavy atom. The van der Waals surface area contributed by atoms with Gasteiger partial charge in [-0.25, -0.2) is 8.42 Å². The van der Waals surface area contributed by atoms with Crippen molar-refractivity contribution in [1.82, 2.24) is 0 Å². The predicted octanol–water partition coefficient (Wildman–Crippen LogP) is -0.353. The van der Waals surface area contributed by atoms with E-state index in [1.165, 1.54) is 0 Å². The summed E-state index contributed by atoms with van der Waals surface area (Å²) in [6, 6.07) is 0. The summed E-state index contributed by atoms with van der Waals surface area (Å²) in [7, 11) is -3.08. The molecule has 2 N–H and O–H groups in total. The molecular weight excluding hydrogens is 208 g/mol. The van der Waals surface area contributed by atoms with Crippen molar-refractivity contribution in [2.75, 3.05) is 12.0 Å². The highest BCUT2D eigenvalue weighted by atomic mass is 32.2. The van der Waals surface area contributed by atoms with Gasteiger partial charge in [-0.3, -0.25) is 4.79 Å². The normalized spacial score (nSPS) is 32.3. The van der Waals surface area contributed by atoms with Gasteiger partial charge in [0.1, 0.15) is 9.84 Å². The van der Waals surface area contributed by atoms with Crippen LogP contribution in [0, 0.1) is 5.92 Å². The Balaban J connectivity index is 2.38. The van der Waals surface area contributed by atoms with Gasteiger partial charge in [-0.2, -0.15) is 0 Å². The van der Waals surface area contributed by atoms with Crippen LogP contribution >= 0.6 is 0 Å². The molecule has 0 aromatic heterocycles. The fourth-order valence-corrected chi connectivity index (χ4v) is 2.36. The SMILES string of the molecule is CS(=O)(=O)CCC1(O)CC(C(=O)O)C1. The van der Waals surface area contributed by atoms with Crippen LogP contribution in [0.4, 0.5) is 0 Å². The van der Waals surface area contributed by atoms with Gasteiger partial charge in [-0.15, -0.1) is 0 Å². The number of rotatable bonds is 4. The molecule has 0 unspecified atom stereocenters. The lowest BCUT2D eigenvalue weighted by Gasteiger charge is -2.41. The van der Waals surface area contributed by atoms with E-state index in [4.69, 9.17) is 5.11 Å². The molecule has 6 heteroatoms. The topological polar surface area (TPSA) is 91.7 Å². The Kier molecular flexibility index (Phi) is 2.87. The van der Waals surface area contributed by atoms with Crippen LogP contribution in [0.15, 0.2) is 0 Å². The van der Waals surface area contributed by atoms with E-state index in [1.807, 2.05) is 0 Å². The van der Waals surface area contributed by atoms with E-state index < -0.39 is 27.3 Å². The minimum absolute atomic E-state index is 0.0875. The molecule has 5 nitrogen and oxygen atoms in total. The van der Waals surface area contributed by atoms with Crippen LogP contribution in [0.5, 0.6) is 0 Å². The third-order valence-electron chi connectivity index (χ3n) is 2.54. The van der Waals surface area contributed by atoms with Gasteiger partial charge in [0.25, 0.3) is 0 Å². The summed E-state index contributed by atoms with van der Waals surface area (Å²) in [6.07, 6.45) is 1.56. The van der Waals surface area contributed by atoms with Crippen molar-refractivity contribution in [3.05, 3.63) is 0 Å². The summed E-state index contributed by atoms with van der Waals surface area (Å²) in [4.78, 5) is 10.4. The third kappa shape index (κ3) is 2.95. The Morgan fingerprint density at radius 3 is 2.36 bits per heavy atom. The molecule has 0 spiro atoms. The predicted molar refractivity (Wildman–Crippen MR) is 49.6 cm³/mol. The standard InChI is InChI=1S/C8H14O5S/c1-14(12,13)3-2-8(11)4-6(5-8)7(9)10/h6,11H,2-5H2,1H3,(H,9,10). The summed E-state index contributed by atoms with van der Waals surface area (Å²) < 4.78 is 21.6. The van der Waals surface area contributed by atoms with Crippen LogP contribution in [0.25, 0.3) is 0 Å². The van der Waals surface area contributed by atoms with E-state index in [2.05, 4.69) is 0 Å².